The van der Waals surface area contributed by atoms with E-state index in [2.05, 4.69) is 5.32 Å². The molecule has 1 atom stereocenters. The molecule has 0 aliphatic rings. The summed E-state index contributed by atoms with van der Waals surface area (Å²) in [6.45, 7) is 6.88. The van der Waals surface area contributed by atoms with Gasteiger partial charge in [-0.2, -0.15) is 0 Å². The van der Waals surface area contributed by atoms with E-state index in [9.17, 15) is 4.79 Å². The van der Waals surface area contributed by atoms with Crippen LogP contribution in [0.5, 0.6) is 17.2 Å². The smallest absolute Gasteiger partial charge is 0.258 e. The van der Waals surface area contributed by atoms with E-state index in [1.807, 2.05) is 69.3 Å². The van der Waals surface area contributed by atoms with Gasteiger partial charge in [0.15, 0.2) is 18.1 Å². The first-order valence-electron chi connectivity index (χ1n) is 8.50. The van der Waals surface area contributed by atoms with Crippen LogP contribution in [0.4, 0.5) is 0 Å². The van der Waals surface area contributed by atoms with Crippen molar-refractivity contribution >= 4 is 5.91 Å². The van der Waals surface area contributed by atoms with Crippen LogP contribution in [-0.2, 0) is 4.79 Å². The average Bonchev–Trinajstić information content (AvgIpc) is 2.62. The molecule has 0 bridgehead atoms. The molecule has 5 heteroatoms. The lowest BCUT2D eigenvalue weighted by Crippen LogP contribution is -2.31. The first kappa shape index (κ1) is 18.6. The van der Waals surface area contributed by atoms with E-state index in [4.69, 9.17) is 14.2 Å². The summed E-state index contributed by atoms with van der Waals surface area (Å²) in [5.74, 6) is 1.88. The van der Waals surface area contributed by atoms with Crippen LogP contribution in [0.15, 0.2) is 48.5 Å². The van der Waals surface area contributed by atoms with Crippen molar-refractivity contribution in [1.29, 1.82) is 0 Å². The number of carbonyl (C=O) groups excluding carboxylic acids is 1. The molecule has 0 spiro atoms. The lowest BCUT2D eigenvalue weighted by Gasteiger charge is -2.17. The Morgan fingerprint density at radius 1 is 0.960 bits per heavy atom. The topological polar surface area (TPSA) is 56.8 Å². The minimum absolute atomic E-state index is 0.0241. The number of nitrogens with one attached hydrogen (secondary N) is 1. The van der Waals surface area contributed by atoms with Crippen molar-refractivity contribution in [3.05, 3.63) is 54.1 Å². The third kappa shape index (κ3) is 5.71. The summed E-state index contributed by atoms with van der Waals surface area (Å²) < 4.78 is 16.7. The molecule has 0 aromatic heterocycles. The predicted molar refractivity (Wildman–Crippen MR) is 97.3 cm³/mol. The van der Waals surface area contributed by atoms with Gasteiger partial charge in [-0.15, -0.1) is 0 Å². The van der Waals surface area contributed by atoms with E-state index in [1.165, 1.54) is 0 Å². The van der Waals surface area contributed by atoms with E-state index < -0.39 is 0 Å². The number of amides is 1. The molecule has 0 heterocycles. The predicted octanol–water partition coefficient (Wildman–Crippen LogP) is 3.74. The maximum absolute atomic E-state index is 12.1. The zero-order valence-electron chi connectivity index (χ0n) is 15.0. The standard InChI is InChI=1S/C20H25NO4/c1-4-23-18-12-11-16(13-19(18)24-5-2)15(3)21-20(22)14-25-17-9-7-6-8-10-17/h6-13,15H,4-5,14H2,1-3H3,(H,21,22). The van der Waals surface area contributed by atoms with Crippen molar-refractivity contribution in [2.75, 3.05) is 19.8 Å². The van der Waals surface area contributed by atoms with E-state index in [1.54, 1.807) is 0 Å². The Morgan fingerprint density at radius 3 is 2.32 bits per heavy atom. The Balaban J connectivity index is 1.95. The highest BCUT2D eigenvalue weighted by Crippen LogP contribution is 2.30. The van der Waals surface area contributed by atoms with E-state index in [0.717, 1.165) is 5.56 Å². The van der Waals surface area contributed by atoms with Crippen LogP contribution < -0.4 is 19.5 Å². The molecule has 0 radical (unpaired) electrons. The Kier molecular flexibility index (Phi) is 7.14. The Labute approximate surface area is 148 Å². The normalized spacial score (nSPS) is 11.5. The Bertz CT molecular complexity index is 673. The van der Waals surface area contributed by atoms with Crippen molar-refractivity contribution < 1.29 is 19.0 Å². The third-order valence-electron chi connectivity index (χ3n) is 3.56. The lowest BCUT2D eigenvalue weighted by atomic mass is 10.1. The maximum atomic E-state index is 12.1. The van der Waals surface area contributed by atoms with Crippen LogP contribution in [0.3, 0.4) is 0 Å². The van der Waals surface area contributed by atoms with E-state index >= 15 is 0 Å². The molecule has 0 saturated heterocycles. The first-order chi connectivity index (χ1) is 12.1. The largest absolute Gasteiger partial charge is 0.490 e. The van der Waals surface area contributed by atoms with Gasteiger partial charge in [0.1, 0.15) is 5.75 Å². The summed E-state index contributed by atoms with van der Waals surface area (Å²) in [4.78, 5) is 12.1. The van der Waals surface area contributed by atoms with Gasteiger partial charge >= 0.3 is 0 Å². The number of hydrogen-bond acceptors (Lipinski definition) is 4. The highest BCUT2D eigenvalue weighted by atomic mass is 16.5. The summed E-state index contributed by atoms with van der Waals surface area (Å²) in [5, 5.41) is 2.93. The number of carbonyl (C=O) groups is 1. The van der Waals surface area contributed by atoms with Gasteiger partial charge < -0.3 is 19.5 Å². The van der Waals surface area contributed by atoms with Crippen LogP contribution in [-0.4, -0.2) is 25.7 Å². The van der Waals surface area contributed by atoms with Gasteiger partial charge in [0.2, 0.25) is 0 Å². The van der Waals surface area contributed by atoms with E-state index in [-0.39, 0.29) is 18.6 Å². The highest BCUT2D eigenvalue weighted by Gasteiger charge is 2.13. The third-order valence-corrected chi connectivity index (χ3v) is 3.56. The van der Waals surface area contributed by atoms with Gasteiger partial charge in [0.05, 0.1) is 19.3 Å². The van der Waals surface area contributed by atoms with Gasteiger partial charge in [-0.1, -0.05) is 24.3 Å². The number of benzene rings is 2. The molecule has 0 fully saturated rings. The van der Waals surface area contributed by atoms with Crippen LogP contribution in [0.2, 0.25) is 0 Å². The summed E-state index contributed by atoms with van der Waals surface area (Å²) >= 11 is 0. The number of para-hydroxylation sites is 1. The molecular weight excluding hydrogens is 318 g/mol. The second kappa shape index (κ2) is 9.57. The molecule has 0 saturated carbocycles. The fourth-order valence-corrected chi connectivity index (χ4v) is 2.37. The molecule has 5 nitrogen and oxygen atoms in total. The molecule has 0 aliphatic carbocycles. The van der Waals surface area contributed by atoms with Gasteiger partial charge in [0, 0.05) is 0 Å². The molecule has 1 amide bonds. The second-order valence-corrected chi connectivity index (χ2v) is 5.46. The minimum Gasteiger partial charge on any atom is -0.490 e. The molecule has 1 N–H and O–H groups in total. The van der Waals surface area contributed by atoms with Crippen LogP contribution in [0.25, 0.3) is 0 Å². The highest BCUT2D eigenvalue weighted by molar-refractivity contribution is 5.78. The monoisotopic (exact) mass is 343 g/mol. The minimum atomic E-state index is -0.178. The van der Waals surface area contributed by atoms with Crippen LogP contribution in [0, 0.1) is 0 Å². The van der Waals surface area contributed by atoms with Crippen molar-refractivity contribution in [3.63, 3.8) is 0 Å². The zero-order chi connectivity index (χ0) is 18.1. The summed E-state index contributed by atoms with van der Waals surface area (Å²) in [5.41, 5.74) is 0.944. The van der Waals surface area contributed by atoms with Crippen molar-refractivity contribution in [2.45, 2.75) is 26.8 Å². The first-order valence-corrected chi connectivity index (χ1v) is 8.50. The number of rotatable bonds is 9. The van der Waals surface area contributed by atoms with E-state index in [0.29, 0.717) is 30.5 Å². The molecular formula is C20H25NO4. The quantitative estimate of drug-likeness (QED) is 0.753. The average molecular weight is 343 g/mol. The molecule has 1 unspecified atom stereocenters. The fourth-order valence-electron chi connectivity index (χ4n) is 2.37. The summed E-state index contributed by atoms with van der Waals surface area (Å²) in [6, 6.07) is 14.8. The van der Waals surface area contributed by atoms with Gasteiger partial charge in [-0.05, 0) is 50.6 Å². The number of hydrogen-bond donors (Lipinski definition) is 1. The molecule has 2 rings (SSSR count). The van der Waals surface area contributed by atoms with Crippen molar-refractivity contribution in [2.24, 2.45) is 0 Å². The summed E-state index contributed by atoms with van der Waals surface area (Å²) in [7, 11) is 0. The summed E-state index contributed by atoms with van der Waals surface area (Å²) in [6.07, 6.45) is 0. The molecule has 2 aromatic rings. The van der Waals surface area contributed by atoms with Gasteiger partial charge in [-0.3, -0.25) is 4.79 Å². The maximum Gasteiger partial charge on any atom is 0.258 e. The van der Waals surface area contributed by atoms with Gasteiger partial charge in [0.25, 0.3) is 5.91 Å². The number of ether oxygens (including phenoxy) is 3. The Hall–Kier alpha value is -2.69. The molecule has 0 aliphatic heterocycles. The molecule has 134 valence electrons. The fraction of sp³-hybridized carbons (Fsp3) is 0.350. The van der Waals surface area contributed by atoms with Gasteiger partial charge in [-0.25, -0.2) is 0 Å². The zero-order valence-corrected chi connectivity index (χ0v) is 15.0. The van der Waals surface area contributed by atoms with Crippen LogP contribution >= 0.6 is 0 Å². The van der Waals surface area contributed by atoms with Crippen LogP contribution in [0.1, 0.15) is 32.4 Å². The Morgan fingerprint density at radius 2 is 1.64 bits per heavy atom. The molecule has 25 heavy (non-hydrogen) atoms. The molecule has 2 aromatic carbocycles. The van der Waals surface area contributed by atoms with Crippen molar-refractivity contribution in [3.8, 4) is 17.2 Å². The SMILES string of the molecule is CCOc1ccc(C(C)NC(=O)COc2ccccc2)cc1OCC. The second-order valence-electron chi connectivity index (χ2n) is 5.46. The van der Waals surface area contributed by atoms with Crippen molar-refractivity contribution in [1.82, 2.24) is 5.32 Å². The lowest BCUT2D eigenvalue weighted by molar-refractivity contribution is -0.123.